The van der Waals surface area contributed by atoms with Crippen LogP contribution < -0.4 is 5.73 Å². The van der Waals surface area contributed by atoms with Crippen molar-refractivity contribution >= 4 is 11.8 Å². The van der Waals surface area contributed by atoms with Crippen molar-refractivity contribution in [2.24, 2.45) is 5.92 Å². The predicted molar refractivity (Wildman–Crippen MR) is 87.3 cm³/mol. The first-order valence-corrected chi connectivity index (χ1v) is 8.52. The molecule has 2 atom stereocenters. The van der Waals surface area contributed by atoms with Crippen molar-refractivity contribution in [2.75, 3.05) is 19.6 Å². The number of rotatable bonds is 4. The first-order chi connectivity index (χ1) is 11.1. The van der Waals surface area contributed by atoms with Gasteiger partial charge in [0.15, 0.2) is 6.04 Å². The van der Waals surface area contributed by atoms with Crippen LogP contribution in [0.2, 0.25) is 0 Å². The van der Waals surface area contributed by atoms with Crippen LogP contribution in [0, 0.1) is 5.92 Å². The van der Waals surface area contributed by atoms with Gasteiger partial charge < -0.3 is 15.5 Å². The van der Waals surface area contributed by atoms with Crippen LogP contribution in [0.5, 0.6) is 0 Å². The van der Waals surface area contributed by atoms with Gasteiger partial charge in [-0.05, 0) is 25.3 Å². The smallest absolute Gasteiger partial charge is 0.281 e. The van der Waals surface area contributed by atoms with E-state index < -0.39 is 0 Å². The van der Waals surface area contributed by atoms with Crippen LogP contribution in [0.25, 0.3) is 0 Å². The molecule has 1 aromatic carbocycles. The maximum absolute atomic E-state index is 12.6. The summed E-state index contributed by atoms with van der Waals surface area (Å²) in [5.74, 6) is 0.623. The highest BCUT2D eigenvalue weighted by atomic mass is 16.2. The highest BCUT2D eigenvalue weighted by molar-refractivity contribution is 5.83. The Kier molecular flexibility index (Phi) is 4.66. The van der Waals surface area contributed by atoms with Crippen molar-refractivity contribution in [1.82, 2.24) is 9.80 Å². The molecule has 5 nitrogen and oxygen atoms in total. The van der Waals surface area contributed by atoms with E-state index in [4.69, 9.17) is 0 Å². The second-order valence-corrected chi connectivity index (χ2v) is 6.83. The Morgan fingerprint density at radius 2 is 1.91 bits per heavy atom. The molecule has 1 aromatic rings. The Hall–Kier alpha value is -1.88. The number of piperazine rings is 1. The summed E-state index contributed by atoms with van der Waals surface area (Å²) in [5.41, 5.74) is 5.19. The SMILES string of the molecule is C[C@H]1CN(C(=O)[C@@H]([NH3+])Cc2ccccc2)CCN1C(=O)C1CC1. The zero-order valence-electron chi connectivity index (χ0n) is 13.8. The van der Waals surface area contributed by atoms with E-state index in [1.165, 1.54) is 0 Å². The average Bonchev–Trinajstić information content (AvgIpc) is 3.39. The highest BCUT2D eigenvalue weighted by Crippen LogP contribution is 2.32. The van der Waals surface area contributed by atoms with E-state index >= 15 is 0 Å². The fourth-order valence-corrected chi connectivity index (χ4v) is 3.29. The first-order valence-electron chi connectivity index (χ1n) is 8.52. The Bertz CT molecular complexity index is 571. The standard InChI is InChI=1S/C18H25N3O2/c1-13-12-20(9-10-21(13)17(22)15-7-8-15)18(23)16(19)11-14-5-3-2-4-6-14/h2-6,13,15-16H,7-12,19H2,1H3/p+1/t13-,16-/m0/s1. The number of nitrogens with zero attached hydrogens (tertiary/aromatic N) is 2. The van der Waals surface area contributed by atoms with Gasteiger partial charge in [-0.2, -0.15) is 0 Å². The summed E-state index contributed by atoms with van der Waals surface area (Å²) in [7, 11) is 0. The van der Waals surface area contributed by atoms with Gasteiger partial charge in [0.1, 0.15) is 0 Å². The molecule has 23 heavy (non-hydrogen) atoms. The zero-order valence-corrected chi connectivity index (χ0v) is 13.8. The quantitative estimate of drug-likeness (QED) is 0.868. The molecule has 2 fully saturated rings. The largest absolute Gasteiger partial charge is 0.347 e. The summed E-state index contributed by atoms with van der Waals surface area (Å²) in [6.07, 6.45) is 2.72. The lowest BCUT2D eigenvalue weighted by Crippen LogP contribution is -2.70. The molecule has 0 radical (unpaired) electrons. The van der Waals surface area contributed by atoms with Crippen molar-refractivity contribution in [3.63, 3.8) is 0 Å². The van der Waals surface area contributed by atoms with Gasteiger partial charge >= 0.3 is 0 Å². The molecule has 1 heterocycles. The number of quaternary nitrogens is 1. The number of amides is 2. The average molecular weight is 316 g/mol. The fourth-order valence-electron chi connectivity index (χ4n) is 3.29. The van der Waals surface area contributed by atoms with E-state index in [1.807, 2.05) is 47.1 Å². The normalized spacial score (nSPS) is 22.8. The third-order valence-corrected chi connectivity index (χ3v) is 4.82. The Labute approximate surface area is 137 Å². The van der Waals surface area contributed by atoms with E-state index in [0.29, 0.717) is 26.1 Å². The number of hydrogen-bond acceptors (Lipinski definition) is 2. The molecule has 2 amide bonds. The minimum atomic E-state index is -0.268. The van der Waals surface area contributed by atoms with Crippen LogP contribution in [0.15, 0.2) is 30.3 Å². The van der Waals surface area contributed by atoms with Crippen molar-refractivity contribution < 1.29 is 15.3 Å². The highest BCUT2D eigenvalue weighted by Gasteiger charge is 2.38. The lowest BCUT2D eigenvalue weighted by atomic mass is 10.0. The van der Waals surface area contributed by atoms with Gasteiger partial charge in [-0.3, -0.25) is 9.59 Å². The van der Waals surface area contributed by atoms with E-state index in [0.717, 1.165) is 18.4 Å². The van der Waals surface area contributed by atoms with Crippen molar-refractivity contribution in [3.8, 4) is 0 Å². The molecule has 5 heteroatoms. The molecule has 0 aromatic heterocycles. The monoisotopic (exact) mass is 316 g/mol. The van der Waals surface area contributed by atoms with Gasteiger partial charge in [0, 0.05) is 38.0 Å². The van der Waals surface area contributed by atoms with E-state index in [-0.39, 0.29) is 29.8 Å². The summed E-state index contributed by atoms with van der Waals surface area (Å²) >= 11 is 0. The fraction of sp³-hybridized carbons (Fsp3) is 0.556. The van der Waals surface area contributed by atoms with Gasteiger partial charge in [0.25, 0.3) is 5.91 Å². The molecule has 3 rings (SSSR count). The van der Waals surface area contributed by atoms with E-state index in [2.05, 4.69) is 5.73 Å². The molecular formula is C18H26N3O2+. The topological polar surface area (TPSA) is 68.3 Å². The van der Waals surface area contributed by atoms with Crippen LogP contribution in [-0.2, 0) is 16.0 Å². The molecular weight excluding hydrogens is 290 g/mol. The Morgan fingerprint density at radius 3 is 2.52 bits per heavy atom. The van der Waals surface area contributed by atoms with Gasteiger partial charge in [-0.15, -0.1) is 0 Å². The number of benzene rings is 1. The molecule has 3 N–H and O–H groups in total. The third-order valence-electron chi connectivity index (χ3n) is 4.82. The minimum Gasteiger partial charge on any atom is -0.347 e. The molecule has 1 saturated heterocycles. The van der Waals surface area contributed by atoms with E-state index in [1.54, 1.807) is 0 Å². The number of carbonyl (C=O) groups excluding carboxylic acids is 2. The van der Waals surface area contributed by atoms with Crippen molar-refractivity contribution in [1.29, 1.82) is 0 Å². The molecule has 2 aliphatic rings. The summed E-state index contributed by atoms with van der Waals surface area (Å²) in [6.45, 7) is 3.94. The Morgan fingerprint density at radius 1 is 1.22 bits per heavy atom. The minimum absolute atomic E-state index is 0.0965. The van der Waals surface area contributed by atoms with Crippen LogP contribution in [-0.4, -0.2) is 53.3 Å². The summed E-state index contributed by atoms with van der Waals surface area (Å²) in [4.78, 5) is 28.7. The van der Waals surface area contributed by atoms with Crippen molar-refractivity contribution in [2.45, 2.75) is 38.3 Å². The predicted octanol–water partition coefficient (Wildman–Crippen LogP) is 0.309. The second-order valence-electron chi connectivity index (χ2n) is 6.83. The maximum Gasteiger partial charge on any atom is 0.281 e. The second kappa shape index (κ2) is 6.71. The Balaban J connectivity index is 1.55. The van der Waals surface area contributed by atoms with Crippen LogP contribution in [0.3, 0.4) is 0 Å². The van der Waals surface area contributed by atoms with Crippen LogP contribution in [0.1, 0.15) is 25.3 Å². The van der Waals surface area contributed by atoms with Gasteiger partial charge in [0.05, 0.1) is 0 Å². The van der Waals surface area contributed by atoms with Crippen molar-refractivity contribution in [3.05, 3.63) is 35.9 Å². The van der Waals surface area contributed by atoms with E-state index in [9.17, 15) is 9.59 Å². The van der Waals surface area contributed by atoms with Gasteiger partial charge in [-0.1, -0.05) is 30.3 Å². The number of hydrogen-bond donors (Lipinski definition) is 1. The maximum atomic E-state index is 12.6. The molecule has 1 saturated carbocycles. The summed E-state index contributed by atoms with van der Waals surface area (Å²) < 4.78 is 0. The number of carbonyl (C=O) groups is 2. The van der Waals surface area contributed by atoms with Crippen LogP contribution >= 0.6 is 0 Å². The lowest BCUT2D eigenvalue weighted by Gasteiger charge is -2.40. The lowest BCUT2D eigenvalue weighted by molar-refractivity contribution is -0.405. The third kappa shape index (κ3) is 3.72. The zero-order chi connectivity index (χ0) is 16.4. The summed E-state index contributed by atoms with van der Waals surface area (Å²) in [5, 5.41) is 0. The molecule has 1 aliphatic heterocycles. The van der Waals surface area contributed by atoms with Gasteiger partial charge in [0.2, 0.25) is 5.91 Å². The van der Waals surface area contributed by atoms with Gasteiger partial charge in [-0.25, -0.2) is 0 Å². The van der Waals surface area contributed by atoms with Crippen LogP contribution in [0.4, 0.5) is 0 Å². The first kappa shape index (κ1) is 16.0. The molecule has 0 spiro atoms. The molecule has 0 bridgehead atoms. The molecule has 124 valence electrons. The molecule has 0 unspecified atom stereocenters. The molecule has 1 aliphatic carbocycles. The summed E-state index contributed by atoms with van der Waals surface area (Å²) in [6, 6.07) is 9.83.